The third-order valence-corrected chi connectivity index (χ3v) is 5.06. The van der Waals surface area contributed by atoms with Gasteiger partial charge in [0.25, 0.3) is 11.6 Å². The summed E-state index contributed by atoms with van der Waals surface area (Å²) in [6, 6.07) is 1.53. The number of nitrogen functional groups attached to an aromatic ring is 1. The number of halogens is 1. The van der Waals surface area contributed by atoms with Gasteiger partial charge in [0, 0.05) is 25.7 Å². The van der Waals surface area contributed by atoms with Crippen molar-refractivity contribution in [3.8, 4) is 0 Å². The van der Waals surface area contributed by atoms with Gasteiger partial charge in [0.05, 0.1) is 16.6 Å². The van der Waals surface area contributed by atoms with Gasteiger partial charge < -0.3 is 20.3 Å². The van der Waals surface area contributed by atoms with Crippen LogP contribution in [0.1, 0.15) is 57.8 Å². The number of nitro benzene ring substituents is 1. The van der Waals surface area contributed by atoms with E-state index in [4.69, 9.17) is 10.5 Å². The normalized spacial score (nSPS) is 16.9. The number of nitrogens with two attached hydrogens (primary N) is 1. The average Bonchev–Trinajstić information content (AvgIpc) is 2.65. The molecular weight excluding hydrogens is 407 g/mol. The SMILES string of the molecule is CC(C)N(CC1CCCN(C(=O)c2cc(F)cc([N+](=O)[O-])c2N)C1)C(=O)OC(C)(C)C. The van der Waals surface area contributed by atoms with E-state index in [1.54, 1.807) is 25.7 Å². The number of anilines is 1. The van der Waals surface area contributed by atoms with Crippen molar-refractivity contribution in [1.29, 1.82) is 0 Å². The fourth-order valence-corrected chi connectivity index (χ4v) is 3.60. The maximum Gasteiger partial charge on any atom is 0.410 e. The lowest BCUT2D eigenvalue weighted by Crippen LogP contribution is -2.48. The fourth-order valence-electron chi connectivity index (χ4n) is 3.60. The molecule has 172 valence electrons. The zero-order valence-corrected chi connectivity index (χ0v) is 18.7. The second kappa shape index (κ2) is 9.49. The molecule has 1 unspecified atom stereocenters. The van der Waals surface area contributed by atoms with Crippen LogP contribution >= 0.6 is 0 Å². The van der Waals surface area contributed by atoms with Gasteiger partial charge in [0.1, 0.15) is 17.1 Å². The van der Waals surface area contributed by atoms with E-state index in [0.717, 1.165) is 12.5 Å². The Labute approximate surface area is 181 Å². The summed E-state index contributed by atoms with van der Waals surface area (Å²) in [5, 5.41) is 11.1. The fraction of sp³-hybridized carbons (Fsp3) is 0.619. The lowest BCUT2D eigenvalue weighted by Gasteiger charge is -2.37. The van der Waals surface area contributed by atoms with Crippen molar-refractivity contribution in [3.63, 3.8) is 0 Å². The van der Waals surface area contributed by atoms with Gasteiger partial charge in [-0.2, -0.15) is 0 Å². The Balaban J connectivity index is 2.17. The van der Waals surface area contributed by atoms with Crippen LogP contribution in [-0.2, 0) is 4.74 Å². The van der Waals surface area contributed by atoms with Crippen LogP contribution in [-0.4, -0.2) is 58.0 Å². The van der Waals surface area contributed by atoms with Gasteiger partial charge in [-0.1, -0.05) is 0 Å². The Kier molecular flexibility index (Phi) is 7.45. The smallest absolute Gasteiger partial charge is 0.410 e. The van der Waals surface area contributed by atoms with Crippen LogP contribution in [0.3, 0.4) is 0 Å². The van der Waals surface area contributed by atoms with E-state index in [0.29, 0.717) is 32.1 Å². The highest BCUT2D eigenvalue weighted by molar-refractivity contribution is 6.01. The van der Waals surface area contributed by atoms with Crippen molar-refractivity contribution in [2.24, 2.45) is 5.92 Å². The predicted octanol–water partition coefficient (Wildman–Crippen LogP) is 3.81. The Bertz CT molecular complexity index is 853. The van der Waals surface area contributed by atoms with Crippen LogP contribution in [0.4, 0.5) is 20.6 Å². The zero-order chi connectivity index (χ0) is 23.5. The van der Waals surface area contributed by atoms with Gasteiger partial charge in [-0.3, -0.25) is 14.9 Å². The molecule has 0 bridgehead atoms. The number of amides is 2. The Hall–Kier alpha value is -2.91. The van der Waals surface area contributed by atoms with E-state index in [1.807, 2.05) is 13.8 Å². The average molecular weight is 439 g/mol. The molecule has 1 aromatic carbocycles. The van der Waals surface area contributed by atoms with Gasteiger partial charge in [-0.25, -0.2) is 9.18 Å². The molecule has 0 radical (unpaired) electrons. The summed E-state index contributed by atoms with van der Waals surface area (Å²) in [5.74, 6) is -1.47. The van der Waals surface area contributed by atoms with Crippen LogP contribution in [0.2, 0.25) is 0 Å². The summed E-state index contributed by atoms with van der Waals surface area (Å²) in [7, 11) is 0. The molecule has 0 saturated carbocycles. The highest BCUT2D eigenvalue weighted by Gasteiger charge is 2.32. The number of nitro groups is 1. The Morgan fingerprint density at radius 1 is 1.39 bits per heavy atom. The number of piperidine rings is 1. The number of benzene rings is 1. The monoisotopic (exact) mass is 438 g/mol. The van der Waals surface area contributed by atoms with Crippen molar-refractivity contribution in [1.82, 2.24) is 9.80 Å². The van der Waals surface area contributed by atoms with Crippen LogP contribution in [0, 0.1) is 21.8 Å². The molecule has 0 aliphatic carbocycles. The van der Waals surface area contributed by atoms with Crippen LogP contribution < -0.4 is 5.73 Å². The van der Waals surface area contributed by atoms with Crippen molar-refractivity contribution in [2.45, 2.75) is 59.1 Å². The molecular formula is C21H31FN4O5. The number of nitrogens with zero attached hydrogens (tertiary/aromatic N) is 3. The minimum absolute atomic E-state index is 0.0163. The highest BCUT2D eigenvalue weighted by atomic mass is 19.1. The number of hydrogen-bond donors (Lipinski definition) is 1. The molecule has 1 fully saturated rings. The Morgan fingerprint density at radius 2 is 2.03 bits per heavy atom. The van der Waals surface area contributed by atoms with Crippen molar-refractivity contribution < 1.29 is 23.6 Å². The van der Waals surface area contributed by atoms with Crippen LogP contribution in [0.15, 0.2) is 12.1 Å². The minimum atomic E-state index is -0.895. The largest absolute Gasteiger partial charge is 0.444 e. The zero-order valence-electron chi connectivity index (χ0n) is 18.7. The van der Waals surface area contributed by atoms with Gasteiger partial charge in [-0.05, 0) is 59.4 Å². The standard InChI is InChI=1S/C21H31FN4O5/c1-13(2)25(20(28)31-21(3,4)5)12-14-7-6-8-24(11-14)19(27)16-9-15(22)10-17(18(16)23)26(29)30/h9-10,13-14H,6-8,11-12,23H2,1-5H3. The number of rotatable bonds is 5. The Morgan fingerprint density at radius 3 is 2.58 bits per heavy atom. The van der Waals surface area contributed by atoms with Crippen molar-refractivity contribution in [3.05, 3.63) is 33.6 Å². The third-order valence-electron chi connectivity index (χ3n) is 5.06. The minimum Gasteiger partial charge on any atom is -0.444 e. The number of likely N-dealkylation sites (tertiary alicyclic amines) is 1. The second-order valence-electron chi connectivity index (χ2n) is 9.13. The van der Waals surface area contributed by atoms with E-state index < -0.39 is 34.0 Å². The molecule has 1 aliphatic heterocycles. The molecule has 9 nitrogen and oxygen atoms in total. The van der Waals surface area contributed by atoms with E-state index in [2.05, 4.69) is 0 Å². The van der Waals surface area contributed by atoms with Crippen molar-refractivity contribution >= 4 is 23.4 Å². The number of ether oxygens (including phenoxy) is 1. The molecule has 31 heavy (non-hydrogen) atoms. The van der Waals surface area contributed by atoms with Gasteiger partial charge >= 0.3 is 6.09 Å². The molecule has 10 heteroatoms. The molecule has 1 atom stereocenters. The first-order valence-corrected chi connectivity index (χ1v) is 10.3. The van der Waals surface area contributed by atoms with E-state index in [9.17, 15) is 24.1 Å². The van der Waals surface area contributed by atoms with Gasteiger partial charge in [-0.15, -0.1) is 0 Å². The van der Waals surface area contributed by atoms with Crippen LogP contribution in [0.5, 0.6) is 0 Å². The predicted molar refractivity (Wildman–Crippen MR) is 114 cm³/mol. The first-order chi connectivity index (χ1) is 14.3. The lowest BCUT2D eigenvalue weighted by atomic mass is 9.96. The molecule has 1 saturated heterocycles. The highest BCUT2D eigenvalue weighted by Crippen LogP contribution is 2.29. The summed E-state index contributed by atoms with van der Waals surface area (Å²) < 4.78 is 19.4. The molecule has 1 heterocycles. The maximum absolute atomic E-state index is 13.9. The molecule has 1 aromatic rings. The lowest BCUT2D eigenvalue weighted by molar-refractivity contribution is -0.384. The quantitative estimate of drug-likeness (QED) is 0.424. The molecule has 0 spiro atoms. The summed E-state index contributed by atoms with van der Waals surface area (Å²) in [4.78, 5) is 39.0. The first kappa shape index (κ1) is 24.4. The molecule has 2 N–H and O–H groups in total. The van der Waals surface area contributed by atoms with E-state index >= 15 is 0 Å². The topological polar surface area (TPSA) is 119 Å². The van der Waals surface area contributed by atoms with Gasteiger partial charge in [0.15, 0.2) is 0 Å². The summed E-state index contributed by atoms with van der Waals surface area (Å²) in [6.07, 6.45) is 1.07. The summed E-state index contributed by atoms with van der Waals surface area (Å²) in [6.45, 7) is 10.3. The molecule has 2 amide bonds. The van der Waals surface area contributed by atoms with E-state index in [1.165, 1.54) is 4.90 Å². The van der Waals surface area contributed by atoms with Crippen molar-refractivity contribution in [2.75, 3.05) is 25.4 Å². The maximum atomic E-state index is 13.9. The summed E-state index contributed by atoms with van der Waals surface area (Å²) in [5.41, 5.74) is 3.96. The third kappa shape index (κ3) is 6.28. The second-order valence-corrected chi connectivity index (χ2v) is 9.13. The first-order valence-electron chi connectivity index (χ1n) is 10.3. The molecule has 0 aromatic heterocycles. The van der Waals surface area contributed by atoms with Crippen LogP contribution in [0.25, 0.3) is 0 Å². The molecule has 2 rings (SSSR count). The molecule has 1 aliphatic rings. The number of carbonyl (C=O) groups excluding carboxylic acids is 2. The number of carbonyl (C=O) groups is 2. The van der Waals surface area contributed by atoms with Gasteiger partial charge in [0.2, 0.25) is 0 Å². The summed E-state index contributed by atoms with van der Waals surface area (Å²) >= 11 is 0. The van der Waals surface area contributed by atoms with E-state index in [-0.39, 0.29) is 23.2 Å². The number of hydrogen-bond acceptors (Lipinski definition) is 6.